The number of hydrogen-bond acceptors (Lipinski definition) is 7. The van der Waals surface area contributed by atoms with E-state index in [0.717, 1.165) is 0 Å². The number of carbonyl (C=O) groups excluding carboxylic acids is 3. The van der Waals surface area contributed by atoms with Gasteiger partial charge in [-0.2, -0.15) is 0 Å². The van der Waals surface area contributed by atoms with Gasteiger partial charge in [0.25, 0.3) is 0 Å². The molecule has 3 fully saturated rings. The normalized spacial score (nSPS) is 27.2. The van der Waals surface area contributed by atoms with Gasteiger partial charge in [-0.3, -0.25) is 24.7 Å². The van der Waals surface area contributed by atoms with Crippen molar-refractivity contribution in [2.75, 3.05) is 36.4 Å². The monoisotopic (exact) mass is 468 g/mol. The molecule has 11 heteroatoms. The average Bonchev–Trinajstić information content (AvgIpc) is 2.80. The van der Waals surface area contributed by atoms with E-state index < -0.39 is 35.8 Å². The van der Waals surface area contributed by atoms with Crippen molar-refractivity contribution in [3.63, 3.8) is 0 Å². The molecule has 1 aromatic carbocycles. The fourth-order valence-corrected chi connectivity index (χ4v) is 4.94. The molecule has 2 amide bonds. The summed E-state index contributed by atoms with van der Waals surface area (Å²) in [6.45, 7) is 1.47. The van der Waals surface area contributed by atoms with Gasteiger partial charge in [0.05, 0.1) is 18.2 Å². The van der Waals surface area contributed by atoms with Crippen molar-refractivity contribution in [1.29, 1.82) is 0 Å². The van der Waals surface area contributed by atoms with Crippen LogP contribution in [0.4, 0.5) is 24.7 Å². The van der Waals surface area contributed by atoms with Crippen molar-refractivity contribution in [1.82, 2.24) is 10.2 Å². The van der Waals surface area contributed by atoms with Crippen LogP contribution in [0.15, 0.2) is 18.2 Å². The Morgan fingerprint density at radius 1 is 1.12 bits per heavy atom. The Hall–Kier alpha value is -2.82. The maximum Gasteiger partial charge on any atom is 0.351 e. The van der Waals surface area contributed by atoms with Crippen molar-refractivity contribution in [2.45, 2.75) is 50.4 Å². The zero-order valence-electron chi connectivity index (χ0n) is 18.1. The average molecular weight is 468 g/mol. The van der Waals surface area contributed by atoms with E-state index in [1.807, 2.05) is 4.90 Å². The fourth-order valence-electron chi connectivity index (χ4n) is 4.94. The molecular weight excluding hydrogens is 441 g/mol. The highest BCUT2D eigenvalue weighted by molar-refractivity contribution is 6.01. The quantitative estimate of drug-likeness (QED) is 0.640. The molecule has 3 heterocycles. The van der Waals surface area contributed by atoms with E-state index in [1.54, 1.807) is 17.0 Å². The van der Waals surface area contributed by atoms with Gasteiger partial charge in [-0.15, -0.1) is 0 Å². The number of alkyl halides is 1. The third-order valence-corrected chi connectivity index (χ3v) is 6.78. The lowest BCUT2D eigenvalue weighted by molar-refractivity contribution is -0.190. The fraction of sp³-hybridized carbons (Fsp3) is 0.591. The van der Waals surface area contributed by atoms with Crippen LogP contribution in [0.1, 0.15) is 32.1 Å². The van der Waals surface area contributed by atoms with Crippen molar-refractivity contribution in [3.05, 3.63) is 24.0 Å². The van der Waals surface area contributed by atoms with Crippen molar-refractivity contribution >= 4 is 29.2 Å². The van der Waals surface area contributed by atoms with E-state index in [2.05, 4.69) is 15.6 Å². The molecule has 3 aliphatic rings. The molecule has 0 saturated carbocycles. The van der Waals surface area contributed by atoms with E-state index >= 15 is 4.39 Å². The molecule has 0 spiro atoms. The predicted molar refractivity (Wildman–Crippen MR) is 113 cm³/mol. The van der Waals surface area contributed by atoms with Gasteiger partial charge in [0.1, 0.15) is 18.0 Å². The van der Waals surface area contributed by atoms with Crippen LogP contribution < -0.4 is 15.5 Å². The van der Waals surface area contributed by atoms with Gasteiger partial charge in [0.2, 0.25) is 11.8 Å². The lowest BCUT2D eigenvalue weighted by atomic mass is 9.93. The van der Waals surface area contributed by atoms with Gasteiger partial charge >= 0.3 is 5.97 Å². The number of carbonyl (C=O) groups is 3. The van der Waals surface area contributed by atoms with Crippen LogP contribution in [0.25, 0.3) is 0 Å². The number of halogens is 3. The number of hydrogen-bond donors (Lipinski definition) is 2. The van der Waals surface area contributed by atoms with Crippen LogP contribution in [0.5, 0.6) is 0 Å². The topological polar surface area (TPSA) is 91.0 Å². The molecule has 4 rings (SSSR count). The summed E-state index contributed by atoms with van der Waals surface area (Å²) in [5.74, 6) is -2.65. The largest absolute Gasteiger partial charge is 0.374 e. The van der Waals surface area contributed by atoms with Crippen LogP contribution >= 0.6 is 0 Å². The zero-order valence-corrected chi connectivity index (χ0v) is 18.1. The number of nitrogens with one attached hydrogen (secondary N) is 2. The Bertz CT molecular complexity index is 910. The molecule has 8 nitrogen and oxygen atoms in total. The second-order valence-corrected chi connectivity index (χ2v) is 8.84. The lowest BCUT2D eigenvalue weighted by Crippen LogP contribution is -2.54. The third-order valence-electron chi connectivity index (χ3n) is 6.78. The second kappa shape index (κ2) is 9.98. The Balaban J connectivity index is 1.33. The first-order valence-corrected chi connectivity index (χ1v) is 11.2. The van der Waals surface area contributed by atoms with Gasteiger partial charge in [0, 0.05) is 29.2 Å². The summed E-state index contributed by atoms with van der Waals surface area (Å²) >= 11 is 0. The maximum absolute atomic E-state index is 15.0. The van der Waals surface area contributed by atoms with Crippen LogP contribution in [-0.2, 0) is 19.3 Å². The molecule has 0 bridgehead atoms. The highest BCUT2D eigenvalue weighted by Gasteiger charge is 2.37. The lowest BCUT2D eigenvalue weighted by Gasteiger charge is -2.43. The minimum atomic E-state index is -1.20. The number of anilines is 2. The Labute approximate surface area is 189 Å². The molecule has 0 aromatic heterocycles. The predicted octanol–water partition coefficient (Wildman–Crippen LogP) is 2.10. The summed E-state index contributed by atoms with van der Waals surface area (Å²) in [7, 11) is 0. The third kappa shape index (κ3) is 5.23. The molecule has 1 aromatic rings. The van der Waals surface area contributed by atoms with E-state index in [4.69, 9.17) is 0 Å². The summed E-state index contributed by atoms with van der Waals surface area (Å²) in [4.78, 5) is 41.5. The first-order valence-electron chi connectivity index (χ1n) is 11.2. The summed E-state index contributed by atoms with van der Waals surface area (Å²) < 4.78 is 42.0. The van der Waals surface area contributed by atoms with E-state index in [1.165, 1.54) is 6.07 Å². The Kier molecular flexibility index (Phi) is 7.06. The smallest absolute Gasteiger partial charge is 0.351 e. The van der Waals surface area contributed by atoms with Crippen molar-refractivity contribution in [3.8, 4) is 0 Å². The first-order chi connectivity index (χ1) is 15.9. The molecule has 3 saturated heterocycles. The molecular formula is C22H27F3N4O4. The van der Waals surface area contributed by atoms with Gasteiger partial charge in [-0.05, 0) is 57.0 Å². The SMILES string of the molecule is O=C1CCC(Nc2ccc(N3CCC(N4CCC(C(=O)OF)CC4)C(F)C3)c(F)c2)C(=O)N1. The second-order valence-electron chi connectivity index (χ2n) is 8.84. The van der Waals surface area contributed by atoms with E-state index in [9.17, 15) is 23.3 Å². The molecule has 2 N–H and O–H groups in total. The van der Waals surface area contributed by atoms with Crippen molar-refractivity contribution < 1.29 is 32.6 Å². The summed E-state index contributed by atoms with van der Waals surface area (Å²) in [6.07, 6.45) is 0.683. The summed E-state index contributed by atoms with van der Waals surface area (Å²) in [5.41, 5.74) is 0.696. The number of amides is 2. The molecule has 0 radical (unpaired) electrons. The molecule has 180 valence electrons. The zero-order chi connectivity index (χ0) is 23.5. The number of likely N-dealkylation sites (tertiary alicyclic amines) is 1. The Morgan fingerprint density at radius 3 is 2.52 bits per heavy atom. The molecule has 3 unspecified atom stereocenters. The molecule has 0 aliphatic carbocycles. The van der Waals surface area contributed by atoms with E-state index in [0.29, 0.717) is 51.0 Å². The highest BCUT2D eigenvalue weighted by atomic mass is 19.3. The highest BCUT2D eigenvalue weighted by Crippen LogP contribution is 2.31. The maximum atomic E-state index is 15.0. The minimum Gasteiger partial charge on any atom is -0.374 e. The molecule has 3 aliphatic heterocycles. The van der Waals surface area contributed by atoms with Crippen LogP contribution in [0.3, 0.4) is 0 Å². The number of rotatable bonds is 5. The first kappa shape index (κ1) is 23.3. The Morgan fingerprint density at radius 2 is 1.88 bits per heavy atom. The van der Waals surface area contributed by atoms with E-state index in [-0.39, 0.29) is 30.6 Å². The summed E-state index contributed by atoms with van der Waals surface area (Å²) in [5, 5.41) is 5.18. The van der Waals surface area contributed by atoms with Gasteiger partial charge in [-0.1, -0.05) is 0 Å². The number of piperidine rings is 3. The number of imide groups is 1. The van der Waals surface area contributed by atoms with Gasteiger partial charge in [0.15, 0.2) is 0 Å². The van der Waals surface area contributed by atoms with Crippen LogP contribution in [0.2, 0.25) is 0 Å². The molecule has 33 heavy (non-hydrogen) atoms. The summed E-state index contributed by atoms with van der Waals surface area (Å²) in [6, 6.07) is 3.52. The van der Waals surface area contributed by atoms with Crippen LogP contribution in [0, 0.1) is 11.7 Å². The number of nitrogens with zero attached hydrogens (tertiary/aromatic N) is 2. The molecule has 3 atom stereocenters. The van der Waals surface area contributed by atoms with Gasteiger partial charge < -0.3 is 10.2 Å². The van der Waals surface area contributed by atoms with Crippen LogP contribution in [-0.4, -0.2) is 67.1 Å². The minimum absolute atomic E-state index is 0.0357. The van der Waals surface area contributed by atoms with Gasteiger partial charge in [-0.25, -0.2) is 13.6 Å². The standard InChI is InChI=1S/C22H27F3N4O4/c23-15-11-14(26-17-2-4-20(30)27-21(17)31)1-3-18(15)29-10-7-19(16(24)12-29)28-8-5-13(6-9-28)22(32)33-25/h1,3,11,13,16-17,19,26H,2,4-10,12H2,(H,27,30,31). The van der Waals surface area contributed by atoms with Crippen molar-refractivity contribution in [2.24, 2.45) is 5.92 Å². The number of benzene rings is 1.